The summed E-state index contributed by atoms with van der Waals surface area (Å²) in [5.41, 5.74) is 1.08. The van der Waals surface area contributed by atoms with E-state index >= 15 is 0 Å². The smallest absolute Gasteiger partial charge is 0.200 e. The zero-order chi connectivity index (χ0) is 16.0. The molecule has 3 heterocycles. The lowest BCUT2D eigenvalue weighted by molar-refractivity contribution is 0.194. The third-order valence-electron chi connectivity index (χ3n) is 3.96. The number of tetrazole rings is 1. The summed E-state index contributed by atoms with van der Waals surface area (Å²) in [5.74, 6) is -1.25. The van der Waals surface area contributed by atoms with E-state index in [2.05, 4.69) is 20.6 Å². The Balaban J connectivity index is 1.74. The Labute approximate surface area is 129 Å². The van der Waals surface area contributed by atoms with E-state index < -0.39 is 17.7 Å². The number of aliphatic hydroxyl groups excluding tert-OH is 1. The number of hydrogen-bond donors (Lipinski definition) is 1. The Kier molecular flexibility index (Phi) is 3.15. The molecule has 23 heavy (non-hydrogen) atoms. The number of anilines is 1. The fraction of sp³-hybridized carbons (Fsp3) is 0.286. The van der Waals surface area contributed by atoms with Crippen molar-refractivity contribution in [2.75, 3.05) is 11.4 Å². The third-order valence-corrected chi connectivity index (χ3v) is 3.96. The van der Waals surface area contributed by atoms with Gasteiger partial charge < -0.3 is 10.0 Å². The van der Waals surface area contributed by atoms with Gasteiger partial charge in [0.2, 0.25) is 0 Å². The van der Waals surface area contributed by atoms with Crippen LogP contribution in [-0.2, 0) is 0 Å². The molecule has 3 aromatic rings. The lowest BCUT2D eigenvalue weighted by atomic mass is 10.0. The number of nitrogens with zero attached hydrogens (tertiary/aromatic N) is 6. The molecule has 0 spiro atoms. The fourth-order valence-electron chi connectivity index (χ4n) is 2.90. The summed E-state index contributed by atoms with van der Waals surface area (Å²) < 4.78 is 27.9. The molecule has 2 atom stereocenters. The molecule has 2 aromatic heterocycles. The number of hydrogen-bond acceptors (Lipinski definition) is 6. The molecule has 1 aliphatic rings. The fourth-order valence-corrected chi connectivity index (χ4v) is 2.90. The van der Waals surface area contributed by atoms with Crippen molar-refractivity contribution in [2.24, 2.45) is 0 Å². The zero-order valence-corrected chi connectivity index (χ0v) is 11.8. The minimum atomic E-state index is -0.910. The van der Waals surface area contributed by atoms with Crippen LogP contribution in [0.3, 0.4) is 0 Å². The second-order valence-electron chi connectivity index (χ2n) is 5.45. The molecular formula is C14H12F2N6O. The van der Waals surface area contributed by atoms with E-state index in [9.17, 15) is 13.9 Å². The molecule has 118 valence electrons. The molecule has 0 radical (unpaired) electrons. The molecule has 1 N–H and O–H groups in total. The lowest BCUT2D eigenvalue weighted by Crippen LogP contribution is -2.26. The van der Waals surface area contributed by atoms with E-state index in [-0.39, 0.29) is 6.04 Å². The maximum absolute atomic E-state index is 13.5. The number of benzene rings is 1. The highest BCUT2D eigenvalue weighted by molar-refractivity contribution is 5.48. The van der Waals surface area contributed by atoms with Crippen LogP contribution in [0, 0.1) is 11.6 Å². The zero-order valence-electron chi connectivity index (χ0n) is 11.8. The van der Waals surface area contributed by atoms with Crippen molar-refractivity contribution >= 4 is 11.5 Å². The first-order valence-corrected chi connectivity index (χ1v) is 7.07. The molecule has 0 unspecified atom stereocenters. The van der Waals surface area contributed by atoms with Gasteiger partial charge in [0.1, 0.15) is 0 Å². The lowest BCUT2D eigenvalue weighted by Gasteiger charge is -2.25. The van der Waals surface area contributed by atoms with Crippen molar-refractivity contribution in [3.63, 3.8) is 0 Å². The quantitative estimate of drug-likeness (QED) is 0.762. The monoisotopic (exact) mass is 318 g/mol. The first kappa shape index (κ1) is 13.9. The summed E-state index contributed by atoms with van der Waals surface area (Å²) >= 11 is 0. The van der Waals surface area contributed by atoms with Crippen molar-refractivity contribution in [1.82, 2.24) is 25.3 Å². The number of halogens is 2. The number of rotatable bonds is 2. The summed E-state index contributed by atoms with van der Waals surface area (Å²) in [6.45, 7) is 0.338. The van der Waals surface area contributed by atoms with Gasteiger partial charge in [-0.3, -0.25) is 0 Å². The minimum absolute atomic E-state index is 0.304. The Bertz CT molecular complexity index is 869. The Morgan fingerprint density at radius 1 is 1.13 bits per heavy atom. The Morgan fingerprint density at radius 2 is 2.00 bits per heavy atom. The highest BCUT2D eigenvalue weighted by Crippen LogP contribution is 2.35. The topological polar surface area (TPSA) is 79.4 Å². The average molecular weight is 318 g/mol. The molecular weight excluding hydrogens is 306 g/mol. The van der Waals surface area contributed by atoms with Gasteiger partial charge in [-0.15, -0.1) is 14.8 Å². The highest BCUT2D eigenvalue weighted by Gasteiger charge is 2.33. The van der Waals surface area contributed by atoms with Crippen molar-refractivity contribution in [2.45, 2.75) is 18.6 Å². The standard InChI is InChI=1S/C14H12F2N6O/c15-10-2-1-8(5-11(10)16)12-6-9(23)7-21(12)14-4-3-13-17-19-20-22(13)18-14/h1-5,9,12,23H,6-7H2/t9-,12-/m0/s1. The van der Waals surface area contributed by atoms with E-state index in [4.69, 9.17) is 0 Å². The molecule has 4 rings (SSSR count). The van der Waals surface area contributed by atoms with Gasteiger partial charge in [-0.2, -0.15) is 0 Å². The van der Waals surface area contributed by atoms with Gasteiger partial charge in [0.05, 0.1) is 12.1 Å². The van der Waals surface area contributed by atoms with Crippen LogP contribution in [0.2, 0.25) is 0 Å². The summed E-state index contributed by atoms with van der Waals surface area (Å²) in [4.78, 5) is 1.83. The molecule has 7 nitrogen and oxygen atoms in total. The van der Waals surface area contributed by atoms with Crippen LogP contribution in [0.25, 0.3) is 5.65 Å². The summed E-state index contributed by atoms with van der Waals surface area (Å²) in [6, 6.07) is 6.89. The van der Waals surface area contributed by atoms with Crippen molar-refractivity contribution in [3.05, 3.63) is 47.5 Å². The second-order valence-corrected chi connectivity index (χ2v) is 5.45. The molecule has 0 bridgehead atoms. The van der Waals surface area contributed by atoms with Gasteiger partial charge in [0, 0.05) is 6.54 Å². The first-order valence-electron chi connectivity index (χ1n) is 7.07. The SMILES string of the molecule is O[C@H]1C[C@@H](c2ccc(F)c(F)c2)N(c2ccc3nnnn3n2)C1. The van der Waals surface area contributed by atoms with E-state index in [1.165, 1.54) is 10.7 Å². The molecule has 9 heteroatoms. The molecule has 0 amide bonds. The predicted molar refractivity (Wildman–Crippen MR) is 75.6 cm³/mol. The number of aromatic nitrogens is 5. The van der Waals surface area contributed by atoms with E-state index in [1.54, 1.807) is 12.1 Å². The van der Waals surface area contributed by atoms with Crippen molar-refractivity contribution in [3.8, 4) is 0 Å². The van der Waals surface area contributed by atoms with Crippen LogP contribution in [-0.4, -0.2) is 43.0 Å². The molecule has 0 aliphatic carbocycles. The number of fused-ring (bicyclic) bond motifs is 1. The van der Waals surface area contributed by atoms with Gasteiger partial charge in [-0.25, -0.2) is 8.78 Å². The molecule has 1 fully saturated rings. The van der Waals surface area contributed by atoms with Crippen LogP contribution < -0.4 is 4.90 Å². The van der Waals surface area contributed by atoms with Crippen molar-refractivity contribution in [1.29, 1.82) is 0 Å². The van der Waals surface area contributed by atoms with E-state index in [0.29, 0.717) is 30.0 Å². The molecule has 1 saturated heterocycles. The van der Waals surface area contributed by atoms with Crippen molar-refractivity contribution < 1.29 is 13.9 Å². The first-order chi connectivity index (χ1) is 11.1. The Hall–Kier alpha value is -2.68. The van der Waals surface area contributed by atoms with Gasteiger partial charge in [0.25, 0.3) is 0 Å². The Morgan fingerprint density at radius 3 is 2.83 bits per heavy atom. The molecule has 1 aromatic carbocycles. The summed E-state index contributed by atoms with van der Waals surface area (Å²) in [5, 5.41) is 25.3. The number of β-amino-alcohol motifs (C(OH)–C–C–N with tert-alkyl or cyclic N) is 1. The number of aliphatic hydroxyl groups is 1. The largest absolute Gasteiger partial charge is 0.391 e. The molecule has 1 aliphatic heterocycles. The molecule has 0 saturated carbocycles. The van der Waals surface area contributed by atoms with Crippen LogP contribution in [0.15, 0.2) is 30.3 Å². The average Bonchev–Trinajstić information content (AvgIpc) is 3.15. The van der Waals surface area contributed by atoms with E-state index in [0.717, 1.165) is 12.1 Å². The second kappa shape index (κ2) is 5.20. The van der Waals surface area contributed by atoms with Crippen LogP contribution in [0.4, 0.5) is 14.6 Å². The van der Waals surface area contributed by atoms with Gasteiger partial charge in [-0.1, -0.05) is 6.07 Å². The van der Waals surface area contributed by atoms with Crippen LogP contribution in [0.5, 0.6) is 0 Å². The maximum Gasteiger partial charge on any atom is 0.200 e. The normalized spacial score (nSPS) is 21.3. The summed E-state index contributed by atoms with van der Waals surface area (Å²) in [6.07, 6.45) is -0.181. The van der Waals surface area contributed by atoms with Crippen LogP contribution in [0.1, 0.15) is 18.0 Å². The summed E-state index contributed by atoms with van der Waals surface area (Å²) in [7, 11) is 0. The maximum atomic E-state index is 13.5. The van der Waals surface area contributed by atoms with Crippen LogP contribution >= 0.6 is 0 Å². The highest BCUT2D eigenvalue weighted by atomic mass is 19.2. The third kappa shape index (κ3) is 2.38. The van der Waals surface area contributed by atoms with E-state index in [1.807, 2.05) is 4.90 Å². The minimum Gasteiger partial charge on any atom is -0.391 e. The van der Waals surface area contributed by atoms with Gasteiger partial charge in [0.15, 0.2) is 23.1 Å². The van der Waals surface area contributed by atoms with Gasteiger partial charge in [-0.05, 0) is 46.7 Å². The predicted octanol–water partition coefficient (Wildman–Crippen LogP) is 1.11. The van der Waals surface area contributed by atoms with Gasteiger partial charge >= 0.3 is 0 Å².